The number of amides is 5. The average Bonchev–Trinajstić information content (AvgIpc) is 3.36. The normalized spacial score (nSPS) is 13.4. The molecule has 5 amide bonds. The Morgan fingerprint density at radius 2 is 1.40 bits per heavy atom. The van der Waals surface area contributed by atoms with Gasteiger partial charge in [-0.1, -0.05) is 116 Å². The molecule has 1 unspecified atom stereocenters. The zero-order chi connectivity index (χ0) is 34.1. The van der Waals surface area contributed by atoms with Gasteiger partial charge in [-0.2, -0.15) is 5.06 Å². The number of urea groups is 1. The lowest BCUT2D eigenvalue weighted by atomic mass is 10.0. The molecule has 1 aromatic heterocycles. The number of hydrogen-bond donors (Lipinski definition) is 1. The number of carbonyl (C=O) groups is 4. The summed E-state index contributed by atoms with van der Waals surface area (Å²) in [4.78, 5) is 58.5. The molecule has 48 heavy (non-hydrogen) atoms. The van der Waals surface area contributed by atoms with E-state index in [1.54, 1.807) is 6.92 Å². The van der Waals surface area contributed by atoms with Crippen molar-refractivity contribution in [2.75, 3.05) is 33.3 Å². The molecular formula is C36H62IN5O6. The summed E-state index contributed by atoms with van der Waals surface area (Å²) in [6, 6.07) is 5.17. The van der Waals surface area contributed by atoms with Crippen LogP contribution < -0.4 is 33.9 Å². The number of rotatable bonds is 27. The number of hydroxylamine groups is 2. The third-order valence-electron chi connectivity index (χ3n) is 8.66. The maximum Gasteiger partial charge on any atom is 0.435 e. The lowest BCUT2D eigenvalue weighted by molar-refractivity contribution is -0.695. The SMILES string of the molecule is CCCCCCCCCCCCCCCCCCN(OC)C(=O)OC(CC)N1C(=O)CN(CCNC(=O)CC[n+]2ccccc2)C1=O.[I-]. The maximum absolute atomic E-state index is 13.0. The number of carbonyl (C=O) groups excluding carboxylic acids is 4. The Hall–Kier alpha value is -2.48. The molecule has 0 saturated carbocycles. The molecule has 0 spiro atoms. The van der Waals surface area contributed by atoms with Gasteiger partial charge in [0, 0.05) is 31.6 Å². The van der Waals surface area contributed by atoms with E-state index in [0.29, 0.717) is 19.5 Å². The Morgan fingerprint density at radius 1 is 0.854 bits per heavy atom. The van der Waals surface area contributed by atoms with Crippen molar-refractivity contribution >= 4 is 23.9 Å². The van der Waals surface area contributed by atoms with Gasteiger partial charge in [0.15, 0.2) is 25.2 Å². The summed E-state index contributed by atoms with van der Waals surface area (Å²) >= 11 is 0. The smallest absolute Gasteiger partial charge is 0.435 e. The summed E-state index contributed by atoms with van der Waals surface area (Å²) in [5, 5.41) is 3.95. The van der Waals surface area contributed by atoms with Crippen molar-refractivity contribution in [3.63, 3.8) is 0 Å². The fourth-order valence-electron chi connectivity index (χ4n) is 5.81. The molecular weight excluding hydrogens is 725 g/mol. The monoisotopic (exact) mass is 787 g/mol. The van der Waals surface area contributed by atoms with Crippen LogP contribution in [0.15, 0.2) is 30.6 Å². The molecule has 0 aromatic carbocycles. The average molecular weight is 788 g/mol. The fourth-order valence-corrected chi connectivity index (χ4v) is 5.81. The van der Waals surface area contributed by atoms with Crippen molar-refractivity contribution in [2.24, 2.45) is 0 Å². The largest absolute Gasteiger partial charge is 1.00 e. The molecule has 274 valence electrons. The molecule has 12 heteroatoms. The maximum atomic E-state index is 13.0. The zero-order valence-corrected chi connectivity index (χ0v) is 32.0. The number of ether oxygens (including phenoxy) is 1. The highest BCUT2D eigenvalue weighted by molar-refractivity contribution is 6.02. The van der Waals surface area contributed by atoms with E-state index in [-0.39, 0.29) is 55.9 Å². The summed E-state index contributed by atoms with van der Waals surface area (Å²) in [7, 11) is 1.41. The van der Waals surface area contributed by atoms with E-state index in [1.807, 2.05) is 35.2 Å². The summed E-state index contributed by atoms with van der Waals surface area (Å²) < 4.78 is 7.48. The lowest BCUT2D eigenvalue weighted by Crippen LogP contribution is -3.00. The number of hydrogen-bond acceptors (Lipinski definition) is 6. The van der Waals surface area contributed by atoms with Crippen LogP contribution in [0.25, 0.3) is 0 Å². The number of unbranched alkanes of at least 4 members (excludes halogenated alkanes) is 15. The van der Waals surface area contributed by atoms with Crippen LogP contribution in [-0.4, -0.2) is 78.3 Å². The second-order valence-corrected chi connectivity index (χ2v) is 12.5. The Labute approximate surface area is 306 Å². The highest BCUT2D eigenvalue weighted by Crippen LogP contribution is 2.19. The molecule has 0 radical (unpaired) electrons. The minimum atomic E-state index is -1.03. The van der Waals surface area contributed by atoms with E-state index in [2.05, 4.69) is 12.2 Å². The zero-order valence-electron chi connectivity index (χ0n) is 29.8. The van der Waals surface area contributed by atoms with Crippen molar-refractivity contribution in [3.8, 4) is 0 Å². The Kier molecular flexibility index (Phi) is 24.8. The number of nitrogens with one attached hydrogen (secondary N) is 1. The number of aryl methyl sites for hydroxylation is 1. The van der Waals surface area contributed by atoms with Gasteiger partial charge in [0.2, 0.25) is 5.91 Å². The second-order valence-electron chi connectivity index (χ2n) is 12.5. The highest BCUT2D eigenvalue weighted by atomic mass is 127. The topological polar surface area (TPSA) is 112 Å². The lowest BCUT2D eigenvalue weighted by Gasteiger charge is -2.27. The van der Waals surface area contributed by atoms with Crippen molar-refractivity contribution in [2.45, 2.75) is 142 Å². The van der Waals surface area contributed by atoms with Crippen LogP contribution in [-0.2, 0) is 25.7 Å². The first-order valence-corrected chi connectivity index (χ1v) is 18.2. The van der Waals surface area contributed by atoms with Gasteiger partial charge in [0.25, 0.3) is 5.91 Å². The molecule has 1 saturated heterocycles. The quantitative estimate of drug-likeness (QED) is 0.0479. The number of imide groups is 1. The van der Waals surface area contributed by atoms with Crippen molar-refractivity contribution in [1.82, 2.24) is 20.2 Å². The number of nitrogens with zero attached hydrogens (tertiary/aromatic N) is 4. The first-order valence-electron chi connectivity index (χ1n) is 18.2. The van der Waals surface area contributed by atoms with E-state index < -0.39 is 24.3 Å². The summed E-state index contributed by atoms with van der Waals surface area (Å²) in [5.41, 5.74) is 0. The Balaban J connectivity index is 0.0000115. The molecule has 1 N–H and O–H groups in total. The van der Waals surface area contributed by atoms with Gasteiger partial charge in [-0.05, 0) is 6.42 Å². The van der Waals surface area contributed by atoms with Crippen LogP contribution in [0.4, 0.5) is 9.59 Å². The predicted octanol–water partition coefficient (Wildman–Crippen LogP) is 3.75. The molecule has 1 fully saturated rings. The third-order valence-corrected chi connectivity index (χ3v) is 8.66. The third kappa shape index (κ3) is 17.8. The van der Waals surface area contributed by atoms with Gasteiger partial charge in [0.05, 0.1) is 20.1 Å². The van der Waals surface area contributed by atoms with Crippen LogP contribution in [0.5, 0.6) is 0 Å². The highest BCUT2D eigenvalue weighted by Gasteiger charge is 2.41. The van der Waals surface area contributed by atoms with Gasteiger partial charge >= 0.3 is 12.1 Å². The van der Waals surface area contributed by atoms with Gasteiger partial charge < -0.3 is 38.9 Å². The minimum absolute atomic E-state index is 0. The van der Waals surface area contributed by atoms with E-state index >= 15 is 0 Å². The summed E-state index contributed by atoms with van der Waals surface area (Å²) in [5.74, 6) is -0.580. The summed E-state index contributed by atoms with van der Waals surface area (Å²) in [6.07, 6.45) is 22.9. The van der Waals surface area contributed by atoms with Crippen LogP contribution in [0, 0.1) is 0 Å². The first-order chi connectivity index (χ1) is 22.9. The molecule has 1 aromatic rings. The van der Waals surface area contributed by atoms with E-state index in [0.717, 1.165) is 29.2 Å². The minimum Gasteiger partial charge on any atom is -1.00 e. The van der Waals surface area contributed by atoms with Crippen LogP contribution in [0.2, 0.25) is 0 Å². The predicted molar refractivity (Wildman–Crippen MR) is 182 cm³/mol. The van der Waals surface area contributed by atoms with Gasteiger partial charge in [-0.3, -0.25) is 14.4 Å². The van der Waals surface area contributed by atoms with Crippen molar-refractivity contribution in [3.05, 3.63) is 30.6 Å². The molecule has 2 heterocycles. The second kappa shape index (κ2) is 27.4. The number of halogens is 1. The molecule has 1 atom stereocenters. The standard InChI is InChI=1S/C36H61N5O6.HI/c1-4-6-7-8-9-10-11-12-13-14-15-16-17-18-19-23-28-40(46-3)36(45)47-34(5-2)41-33(43)31-39(35(41)44)30-25-37-32(42)24-29-38-26-21-20-22-27-38;/h20-22,26-27,34H,4-19,23-25,28-31H2,1-3H3;1H. The van der Waals surface area contributed by atoms with Gasteiger partial charge in [-0.25, -0.2) is 19.1 Å². The van der Waals surface area contributed by atoms with Crippen LogP contribution in [0.1, 0.15) is 129 Å². The van der Waals surface area contributed by atoms with E-state index in [4.69, 9.17) is 9.57 Å². The van der Waals surface area contributed by atoms with Gasteiger partial charge in [-0.15, -0.1) is 0 Å². The fraction of sp³-hybridized carbons (Fsp3) is 0.750. The number of aromatic nitrogens is 1. The number of pyridine rings is 1. The summed E-state index contributed by atoms with van der Waals surface area (Å²) in [6.45, 7) is 5.20. The Morgan fingerprint density at radius 3 is 1.92 bits per heavy atom. The first kappa shape index (κ1) is 43.5. The van der Waals surface area contributed by atoms with E-state index in [1.165, 1.54) is 95.5 Å². The van der Waals surface area contributed by atoms with E-state index in [9.17, 15) is 19.2 Å². The molecule has 11 nitrogen and oxygen atoms in total. The van der Waals surface area contributed by atoms with Crippen LogP contribution >= 0.6 is 0 Å². The molecule has 0 bridgehead atoms. The van der Waals surface area contributed by atoms with Crippen molar-refractivity contribution < 1.29 is 57.3 Å². The van der Waals surface area contributed by atoms with Gasteiger partial charge in [0.1, 0.15) is 6.54 Å². The van der Waals surface area contributed by atoms with Crippen molar-refractivity contribution in [1.29, 1.82) is 0 Å². The Bertz CT molecular complexity index is 1030. The molecule has 1 aliphatic rings. The van der Waals surface area contributed by atoms with Crippen LogP contribution in [0.3, 0.4) is 0 Å². The molecule has 2 rings (SSSR count). The molecule has 0 aliphatic carbocycles. The molecule has 1 aliphatic heterocycles.